The van der Waals surface area contributed by atoms with Gasteiger partial charge in [0.2, 0.25) is 10.0 Å². The van der Waals surface area contributed by atoms with Gasteiger partial charge in [-0.1, -0.05) is 6.07 Å². The minimum absolute atomic E-state index is 0.239. The minimum atomic E-state index is -4.35. The van der Waals surface area contributed by atoms with Crippen molar-refractivity contribution in [3.63, 3.8) is 0 Å². The van der Waals surface area contributed by atoms with Crippen molar-refractivity contribution >= 4 is 15.8 Å². The Hall–Kier alpha value is -2.13. The zero-order valence-electron chi connectivity index (χ0n) is 13.5. The van der Waals surface area contributed by atoms with Gasteiger partial charge in [-0.15, -0.1) is 0 Å². The number of halogens is 2. The number of hydrogen-bond donors (Lipinski definition) is 1. The second kappa shape index (κ2) is 7.40. The lowest BCUT2D eigenvalue weighted by molar-refractivity contribution is 0.513. The zero-order chi connectivity index (χ0) is 17.9. The lowest BCUT2D eigenvalue weighted by Crippen LogP contribution is -2.31. The normalized spacial score (nSPS) is 15.4. The van der Waals surface area contributed by atoms with Crippen LogP contribution in [0.15, 0.2) is 35.4 Å². The van der Waals surface area contributed by atoms with E-state index in [9.17, 15) is 17.2 Å². The van der Waals surface area contributed by atoms with E-state index in [1.54, 1.807) is 12.3 Å². The first-order chi connectivity index (χ1) is 12.0. The number of piperidine rings is 1. The highest BCUT2D eigenvalue weighted by atomic mass is 32.2. The quantitative estimate of drug-likeness (QED) is 0.876. The molecule has 1 saturated heterocycles. The van der Waals surface area contributed by atoms with Crippen molar-refractivity contribution in [2.45, 2.75) is 30.7 Å². The highest BCUT2D eigenvalue weighted by molar-refractivity contribution is 7.89. The van der Waals surface area contributed by atoms with E-state index in [0.717, 1.165) is 49.9 Å². The third-order valence-corrected chi connectivity index (χ3v) is 5.43. The molecule has 9 heteroatoms. The van der Waals surface area contributed by atoms with Crippen molar-refractivity contribution in [1.29, 1.82) is 0 Å². The molecule has 1 aromatic carbocycles. The molecule has 0 radical (unpaired) electrons. The first kappa shape index (κ1) is 17.7. The van der Waals surface area contributed by atoms with Gasteiger partial charge in [0.05, 0.1) is 6.54 Å². The first-order valence-corrected chi connectivity index (χ1v) is 9.46. The summed E-state index contributed by atoms with van der Waals surface area (Å²) in [5.74, 6) is -1.32. The highest BCUT2D eigenvalue weighted by Gasteiger charge is 2.24. The summed E-state index contributed by atoms with van der Waals surface area (Å²) in [6.45, 7) is 1.53. The van der Waals surface area contributed by atoms with E-state index in [0.29, 0.717) is 0 Å². The highest BCUT2D eigenvalue weighted by Crippen LogP contribution is 2.19. The van der Waals surface area contributed by atoms with Crippen LogP contribution in [0.5, 0.6) is 0 Å². The number of sulfonamides is 1. The zero-order valence-corrected chi connectivity index (χ0v) is 14.3. The van der Waals surface area contributed by atoms with Crippen LogP contribution in [0.4, 0.5) is 14.6 Å². The van der Waals surface area contributed by atoms with E-state index < -0.39 is 26.6 Å². The molecule has 1 fully saturated rings. The molecule has 0 bridgehead atoms. The molecule has 6 nitrogen and oxygen atoms in total. The monoisotopic (exact) mass is 368 g/mol. The Balaban J connectivity index is 1.75. The van der Waals surface area contributed by atoms with Crippen LogP contribution in [0.3, 0.4) is 0 Å². The van der Waals surface area contributed by atoms with Gasteiger partial charge in [0.1, 0.15) is 23.3 Å². The summed E-state index contributed by atoms with van der Waals surface area (Å²) in [6, 6.07) is 4.66. The van der Waals surface area contributed by atoms with Crippen molar-refractivity contribution in [3.05, 3.63) is 47.9 Å². The van der Waals surface area contributed by atoms with Crippen molar-refractivity contribution < 1.29 is 17.2 Å². The SMILES string of the molecule is O=S(=O)(NCc1nccc(N2CCCCC2)n1)c1c(F)cccc1F. The Bertz CT molecular complexity index is 835. The van der Waals surface area contributed by atoms with Crippen molar-refractivity contribution in [3.8, 4) is 0 Å². The third kappa shape index (κ3) is 4.10. The van der Waals surface area contributed by atoms with E-state index in [1.165, 1.54) is 6.42 Å². The maximum absolute atomic E-state index is 13.7. The third-order valence-electron chi connectivity index (χ3n) is 3.98. The molecule has 3 rings (SSSR count). The summed E-state index contributed by atoms with van der Waals surface area (Å²) in [7, 11) is -4.35. The van der Waals surface area contributed by atoms with Crippen molar-refractivity contribution in [2.24, 2.45) is 0 Å². The molecule has 1 aromatic heterocycles. The number of anilines is 1. The molecule has 0 saturated carbocycles. The molecule has 1 aliphatic rings. The molecule has 0 amide bonds. The molecule has 2 aromatic rings. The summed E-state index contributed by atoms with van der Waals surface area (Å²) >= 11 is 0. The molecule has 0 unspecified atom stereocenters. The van der Waals surface area contributed by atoms with E-state index in [2.05, 4.69) is 19.6 Å². The number of benzene rings is 1. The van der Waals surface area contributed by atoms with Gasteiger partial charge in [-0.2, -0.15) is 0 Å². The molecular formula is C16H18F2N4O2S. The molecule has 0 aliphatic carbocycles. The van der Waals surface area contributed by atoms with Gasteiger partial charge in [0, 0.05) is 19.3 Å². The van der Waals surface area contributed by atoms with Crippen LogP contribution in [0.25, 0.3) is 0 Å². The van der Waals surface area contributed by atoms with Gasteiger partial charge in [-0.25, -0.2) is 31.9 Å². The Morgan fingerprint density at radius 3 is 2.44 bits per heavy atom. The summed E-state index contributed by atoms with van der Waals surface area (Å²) in [5.41, 5.74) is 0. The van der Waals surface area contributed by atoms with Crippen LogP contribution in [0.1, 0.15) is 25.1 Å². The van der Waals surface area contributed by atoms with Crippen LogP contribution in [-0.4, -0.2) is 31.5 Å². The van der Waals surface area contributed by atoms with Gasteiger partial charge < -0.3 is 4.90 Å². The standard InChI is InChI=1S/C16H18F2N4O2S/c17-12-5-4-6-13(18)16(12)25(23,24)20-11-14-19-8-7-15(21-14)22-9-2-1-3-10-22/h4-8,20H,1-3,9-11H2. The topological polar surface area (TPSA) is 75.2 Å². The Morgan fingerprint density at radius 2 is 1.76 bits per heavy atom. The maximum Gasteiger partial charge on any atom is 0.246 e. The van der Waals surface area contributed by atoms with Gasteiger partial charge in [0.25, 0.3) is 0 Å². The minimum Gasteiger partial charge on any atom is -0.357 e. The number of nitrogens with one attached hydrogen (secondary N) is 1. The maximum atomic E-state index is 13.7. The summed E-state index contributed by atoms with van der Waals surface area (Å²) in [5, 5.41) is 0. The molecule has 0 spiro atoms. The number of aromatic nitrogens is 2. The number of hydrogen-bond acceptors (Lipinski definition) is 5. The molecule has 2 heterocycles. The van der Waals surface area contributed by atoms with E-state index in [4.69, 9.17) is 0 Å². The molecule has 1 N–H and O–H groups in total. The Morgan fingerprint density at radius 1 is 1.08 bits per heavy atom. The average molecular weight is 368 g/mol. The van der Waals surface area contributed by atoms with Crippen LogP contribution >= 0.6 is 0 Å². The van der Waals surface area contributed by atoms with Gasteiger partial charge in [0.15, 0.2) is 4.90 Å². The smallest absolute Gasteiger partial charge is 0.246 e. The van der Waals surface area contributed by atoms with E-state index in [-0.39, 0.29) is 12.4 Å². The van der Waals surface area contributed by atoms with Gasteiger partial charge in [-0.3, -0.25) is 0 Å². The van der Waals surface area contributed by atoms with Crippen LogP contribution in [0, 0.1) is 11.6 Å². The first-order valence-electron chi connectivity index (χ1n) is 7.98. The lowest BCUT2D eigenvalue weighted by Gasteiger charge is -2.27. The fourth-order valence-electron chi connectivity index (χ4n) is 2.74. The summed E-state index contributed by atoms with van der Waals surface area (Å²) < 4.78 is 53.9. The van der Waals surface area contributed by atoms with Gasteiger partial charge >= 0.3 is 0 Å². The van der Waals surface area contributed by atoms with Crippen LogP contribution in [0.2, 0.25) is 0 Å². The predicted octanol–water partition coefficient (Wildman–Crippen LogP) is 2.22. The fraction of sp³-hybridized carbons (Fsp3) is 0.375. The van der Waals surface area contributed by atoms with Crippen LogP contribution in [-0.2, 0) is 16.6 Å². The summed E-state index contributed by atoms with van der Waals surface area (Å²) in [4.78, 5) is 9.47. The molecule has 1 aliphatic heterocycles. The largest absolute Gasteiger partial charge is 0.357 e. The van der Waals surface area contributed by atoms with E-state index in [1.807, 2.05) is 0 Å². The lowest BCUT2D eigenvalue weighted by atomic mass is 10.1. The summed E-state index contributed by atoms with van der Waals surface area (Å²) in [6.07, 6.45) is 4.89. The van der Waals surface area contributed by atoms with Crippen LogP contribution < -0.4 is 9.62 Å². The second-order valence-electron chi connectivity index (χ2n) is 5.75. The Kier molecular flexibility index (Phi) is 5.24. The van der Waals surface area contributed by atoms with E-state index >= 15 is 0 Å². The Labute approximate surface area is 145 Å². The average Bonchev–Trinajstić information content (AvgIpc) is 2.61. The van der Waals surface area contributed by atoms with Crippen molar-refractivity contribution in [2.75, 3.05) is 18.0 Å². The molecular weight excluding hydrogens is 350 g/mol. The fourth-order valence-corrected chi connectivity index (χ4v) is 3.86. The van der Waals surface area contributed by atoms with Crippen molar-refractivity contribution in [1.82, 2.24) is 14.7 Å². The second-order valence-corrected chi connectivity index (χ2v) is 7.46. The molecule has 0 atom stereocenters. The number of rotatable bonds is 5. The van der Waals surface area contributed by atoms with Gasteiger partial charge in [-0.05, 0) is 37.5 Å². The number of nitrogens with zero attached hydrogens (tertiary/aromatic N) is 3. The molecule has 25 heavy (non-hydrogen) atoms. The molecule has 134 valence electrons. The predicted molar refractivity (Wildman–Crippen MR) is 88.5 cm³/mol.